The summed E-state index contributed by atoms with van der Waals surface area (Å²) in [6.45, 7) is 5.17. The van der Waals surface area contributed by atoms with Crippen molar-refractivity contribution in [2.75, 3.05) is 19.0 Å². The Morgan fingerprint density at radius 2 is 1.93 bits per heavy atom. The average Bonchev–Trinajstić information content (AvgIpc) is 3.27. The minimum absolute atomic E-state index is 0.166. The maximum absolute atomic E-state index is 12.8. The van der Waals surface area contributed by atoms with Crippen LogP contribution in [-0.2, 0) is 23.1 Å². The number of pyridine rings is 1. The molecule has 0 saturated heterocycles. The first-order valence-electron chi connectivity index (χ1n) is 15.9. The molecular formula is C36H42Cl2N2O4. The summed E-state index contributed by atoms with van der Waals surface area (Å²) in [7, 11) is 1.65. The van der Waals surface area contributed by atoms with Gasteiger partial charge in [0.05, 0.1) is 18.7 Å². The fraction of sp³-hybridized carbons (Fsp3) is 0.500. The highest BCUT2D eigenvalue weighted by atomic mass is 35.5. The molecule has 2 aromatic carbocycles. The molecular weight excluding hydrogens is 595 g/mol. The number of nitrogens with one attached hydrogen (secondary N) is 1. The maximum atomic E-state index is 12.8. The maximum Gasteiger partial charge on any atom is 0.329 e. The molecule has 1 spiro atoms. The molecule has 1 aromatic heterocycles. The molecule has 3 aromatic rings. The van der Waals surface area contributed by atoms with Crippen LogP contribution in [0.4, 0.5) is 5.69 Å². The molecule has 3 atom stereocenters. The predicted molar refractivity (Wildman–Crippen MR) is 176 cm³/mol. The normalized spacial score (nSPS) is 26.5. The van der Waals surface area contributed by atoms with Gasteiger partial charge < -0.3 is 19.9 Å². The average molecular weight is 638 g/mol. The molecule has 8 heteroatoms. The number of hydrogen-bond acceptors (Lipinski definition) is 5. The number of carboxylic acid groups (broad SMARTS) is 1. The lowest BCUT2D eigenvalue weighted by atomic mass is 9.59. The number of ether oxygens (including phenoxy) is 2. The number of halogens is 2. The Bertz CT molecular complexity index is 1530. The molecule has 44 heavy (non-hydrogen) atoms. The van der Waals surface area contributed by atoms with E-state index in [1.807, 2.05) is 24.4 Å². The van der Waals surface area contributed by atoms with E-state index in [1.165, 1.54) is 35.2 Å². The van der Waals surface area contributed by atoms with Gasteiger partial charge in [-0.3, -0.25) is 4.98 Å². The molecule has 6 nitrogen and oxygen atoms in total. The number of carboxylic acids is 1. The van der Waals surface area contributed by atoms with Crippen molar-refractivity contribution < 1.29 is 19.4 Å². The highest BCUT2D eigenvalue weighted by molar-refractivity contribution is 6.32. The van der Waals surface area contributed by atoms with Crippen LogP contribution >= 0.6 is 23.2 Å². The molecule has 1 heterocycles. The van der Waals surface area contributed by atoms with Gasteiger partial charge in [0.25, 0.3) is 0 Å². The van der Waals surface area contributed by atoms with Crippen LogP contribution in [0.1, 0.15) is 87.1 Å². The van der Waals surface area contributed by atoms with E-state index in [0.717, 1.165) is 43.5 Å². The molecule has 0 unspecified atom stereocenters. The van der Waals surface area contributed by atoms with E-state index in [-0.39, 0.29) is 5.41 Å². The van der Waals surface area contributed by atoms with Crippen LogP contribution < -0.4 is 14.8 Å². The number of anilines is 1. The van der Waals surface area contributed by atoms with Crippen molar-refractivity contribution in [2.24, 2.45) is 11.8 Å². The molecule has 6 rings (SSSR count). The predicted octanol–water partition coefficient (Wildman–Crippen LogP) is 8.86. The zero-order chi connectivity index (χ0) is 31.1. The number of methoxy groups -OCH3 is 1. The van der Waals surface area contributed by atoms with Gasteiger partial charge in [0, 0.05) is 28.2 Å². The quantitative estimate of drug-likeness (QED) is 0.244. The SMILES string of the molecule is COc1cc2c(cc1Cl)C[C@H](C[C@@H](C)COc1ccnc3c1[C@H](C)CCC3)C21CCC(Nc2cccc(Cl)c2)(C(=O)O)CC1. The van der Waals surface area contributed by atoms with Crippen molar-refractivity contribution in [3.8, 4) is 11.5 Å². The van der Waals surface area contributed by atoms with Gasteiger partial charge in [0.2, 0.25) is 0 Å². The Morgan fingerprint density at radius 3 is 2.66 bits per heavy atom. The van der Waals surface area contributed by atoms with Crippen molar-refractivity contribution in [3.63, 3.8) is 0 Å². The number of hydrogen-bond donors (Lipinski definition) is 2. The Kier molecular flexibility index (Phi) is 8.78. The highest BCUT2D eigenvalue weighted by Gasteiger charge is 2.54. The van der Waals surface area contributed by atoms with Crippen LogP contribution in [-0.4, -0.2) is 35.3 Å². The van der Waals surface area contributed by atoms with Gasteiger partial charge in [-0.05, 0) is 128 Å². The third-order valence-corrected chi connectivity index (χ3v) is 11.1. The number of aliphatic carboxylic acids is 1. The lowest BCUT2D eigenvalue weighted by molar-refractivity contribution is -0.144. The van der Waals surface area contributed by atoms with Crippen LogP contribution in [0.25, 0.3) is 0 Å². The third kappa shape index (κ3) is 5.76. The van der Waals surface area contributed by atoms with Crippen molar-refractivity contribution in [3.05, 3.63) is 81.1 Å². The van der Waals surface area contributed by atoms with Gasteiger partial charge in [-0.1, -0.05) is 43.1 Å². The minimum Gasteiger partial charge on any atom is -0.495 e. The van der Waals surface area contributed by atoms with Gasteiger partial charge in [-0.15, -0.1) is 0 Å². The van der Waals surface area contributed by atoms with Crippen LogP contribution in [0, 0.1) is 11.8 Å². The second-order valence-corrected chi connectivity index (χ2v) is 14.2. The topological polar surface area (TPSA) is 80.7 Å². The summed E-state index contributed by atoms with van der Waals surface area (Å²) < 4.78 is 12.2. The van der Waals surface area contributed by atoms with Crippen molar-refractivity contribution >= 4 is 34.9 Å². The Morgan fingerprint density at radius 1 is 1.14 bits per heavy atom. The minimum atomic E-state index is -1.06. The molecule has 1 saturated carbocycles. The molecule has 2 N–H and O–H groups in total. The monoisotopic (exact) mass is 636 g/mol. The Labute approximate surface area is 270 Å². The summed E-state index contributed by atoms with van der Waals surface area (Å²) in [6.07, 6.45) is 9.63. The fourth-order valence-electron chi connectivity index (χ4n) is 8.26. The summed E-state index contributed by atoms with van der Waals surface area (Å²) in [5, 5.41) is 15.1. The lowest BCUT2D eigenvalue weighted by Crippen LogP contribution is -2.53. The summed E-state index contributed by atoms with van der Waals surface area (Å²) in [5.74, 6) is 1.93. The van der Waals surface area contributed by atoms with E-state index < -0.39 is 11.5 Å². The van der Waals surface area contributed by atoms with E-state index in [4.69, 9.17) is 32.7 Å². The van der Waals surface area contributed by atoms with E-state index in [2.05, 4.69) is 36.3 Å². The van der Waals surface area contributed by atoms with Crippen molar-refractivity contribution in [1.82, 2.24) is 4.98 Å². The van der Waals surface area contributed by atoms with E-state index in [1.54, 1.807) is 19.2 Å². The smallest absolute Gasteiger partial charge is 0.329 e. The van der Waals surface area contributed by atoms with Crippen LogP contribution in [0.3, 0.4) is 0 Å². The largest absolute Gasteiger partial charge is 0.495 e. The summed E-state index contributed by atoms with van der Waals surface area (Å²) in [6, 6.07) is 13.5. The molecule has 0 radical (unpaired) electrons. The van der Waals surface area contributed by atoms with Gasteiger partial charge in [0.1, 0.15) is 17.0 Å². The number of nitrogens with zero attached hydrogens (tertiary/aromatic N) is 1. The van der Waals surface area contributed by atoms with E-state index >= 15 is 0 Å². The number of carbonyl (C=O) groups is 1. The number of fused-ring (bicyclic) bond motifs is 3. The molecule has 3 aliphatic rings. The molecule has 234 valence electrons. The standard InChI is InChI=1S/C36H42Cl2N2O4/c1-22(21-44-31-10-15-39-30-9-4-6-23(2)33(30)31)16-25-17-24-18-29(38)32(43-3)20-28(24)35(25)11-13-36(14-12-35,34(41)42)40-27-8-5-7-26(37)19-27/h5,7-8,10,15,18-20,22-23,25,40H,4,6,9,11-14,16-17,21H2,1-3H3,(H,41,42)/t22-,23-,25+,35?,36?/m1/s1. The fourth-order valence-corrected chi connectivity index (χ4v) is 8.72. The first-order chi connectivity index (χ1) is 21.1. The second-order valence-electron chi connectivity index (χ2n) is 13.3. The molecule has 0 aliphatic heterocycles. The first kappa shape index (κ1) is 31.0. The van der Waals surface area contributed by atoms with Crippen molar-refractivity contribution in [2.45, 2.75) is 88.5 Å². The number of aryl methyl sites for hydroxylation is 1. The van der Waals surface area contributed by atoms with Gasteiger partial charge in [0.15, 0.2) is 0 Å². The number of benzene rings is 2. The van der Waals surface area contributed by atoms with E-state index in [9.17, 15) is 9.90 Å². The third-order valence-electron chi connectivity index (χ3n) is 10.6. The van der Waals surface area contributed by atoms with Crippen LogP contribution in [0.15, 0.2) is 48.7 Å². The van der Waals surface area contributed by atoms with Gasteiger partial charge >= 0.3 is 5.97 Å². The summed E-state index contributed by atoms with van der Waals surface area (Å²) >= 11 is 12.9. The zero-order valence-electron chi connectivity index (χ0n) is 25.8. The second kappa shape index (κ2) is 12.4. The highest BCUT2D eigenvalue weighted by Crippen LogP contribution is 2.57. The van der Waals surface area contributed by atoms with Crippen molar-refractivity contribution in [1.29, 1.82) is 0 Å². The number of aromatic nitrogens is 1. The zero-order valence-corrected chi connectivity index (χ0v) is 27.3. The molecule has 1 fully saturated rings. The first-order valence-corrected chi connectivity index (χ1v) is 16.6. The number of rotatable bonds is 9. The van der Waals surface area contributed by atoms with Gasteiger partial charge in [-0.25, -0.2) is 4.79 Å². The Hall–Kier alpha value is -2.96. The summed E-state index contributed by atoms with van der Waals surface area (Å²) in [4.78, 5) is 17.5. The van der Waals surface area contributed by atoms with Crippen LogP contribution in [0.2, 0.25) is 10.0 Å². The van der Waals surface area contributed by atoms with E-state index in [0.29, 0.717) is 53.0 Å². The Balaban J connectivity index is 1.24. The lowest BCUT2D eigenvalue weighted by Gasteiger charge is -2.47. The molecule has 0 amide bonds. The molecule has 0 bridgehead atoms. The molecule has 3 aliphatic carbocycles. The van der Waals surface area contributed by atoms with Gasteiger partial charge in [-0.2, -0.15) is 0 Å². The van der Waals surface area contributed by atoms with Crippen LogP contribution in [0.5, 0.6) is 11.5 Å². The summed E-state index contributed by atoms with van der Waals surface area (Å²) in [5.41, 5.74) is 4.47.